The molecule has 0 aliphatic carbocycles. The van der Waals surface area contributed by atoms with Crippen LogP contribution in [-0.4, -0.2) is 29.4 Å². The van der Waals surface area contributed by atoms with Crippen molar-refractivity contribution in [3.8, 4) is 11.5 Å². The minimum atomic E-state index is -0.796. The Kier molecular flexibility index (Phi) is 7.19. The molecule has 0 saturated carbocycles. The highest BCUT2D eigenvalue weighted by molar-refractivity contribution is 5.71. The number of carbonyl (C=O) groups is 1. The van der Waals surface area contributed by atoms with E-state index in [1.807, 2.05) is 0 Å². The van der Waals surface area contributed by atoms with Crippen LogP contribution in [0.25, 0.3) is 0 Å². The fraction of sp³-hybridized carbons (Fsp3) is 0.300. The van der Waals surface area contributed by atoms with Gasteiger partial charge in [-0.25, -0.2) is 0 Å². The van der Waals surface area contributed by atoms with Crippen LogP contribution in [0.2, 0.25) is 0 Å². The van der Waals surface area contributed by atoms with Gasteiger partial charge in [-0.3, -0.25) is 9.59 Å². The molecule has 1 aromatic heterocycles. The first-order valence-electron chi connectivity index (χ1n) is 8.46. The smallest absolute Gasteiger partial charge is 0.306 e. The van der Waals surface area contributed by atoms with Crippen molar-refractivity contribution in [3.05, 3.63) is 70.3 Å². The largest absolute Gasteiger partial charge is 0.502 e. The number of benzene rings is 1. The molecule has 2 N–H and O–H groups in total. The maximum Gasteiger partial charge on any atom is 0.306 e. The monoisotopic (exact) mass is 374 g/mol. The Morgan fingerprint density at radius 1 is 1.37 bits per heavy atom. The number of rotatable bonds is 9. The molecular weight excluding hydrogens is 352 g/mol. The average Bonchev–Trinajstić information content (AvgIpc) is 2.67. The highest BCUT2D eigenvalue weighted by Gasteiger charge is 2.27. The van der Waals surface area contributed by atoms with Crippen LogP contribution in [0.5, 0.6) is 11.5 Å². The highest BCUT2D eigenvalue weighted by atomic mass is 16.5. The Morgan fingerprint density at radius 2 is 2.15 bits per heavy atom. The standard InChI is InChI=1S/C20H22O7/c1-3-8-26-14-7-5-6-13(9-14)16(11-18(23)25-4-2)20-19(24)17(22)10-15(12-21)27-20/h3,5-7,9-10,16,21,24H,1,4,8,11-12H2,2H3/t16-/m0/s1. The first kappa shape index (κ1) is 20.3. The molecule has 144 valence electrons. The lowest BCUT2D eigenvalue weighted by atomic mass is 9.92. The zero-order valence-electron chi connectivity index (χ0n) is 15.0. The Labute approximate surface area is 156 Å². The van der Waals surface area contributed by atoms with E-state index in [0.29, 0.717) is 17.9 Å². The third-order valence-electron chi connectivity index (χ3n) is 3.78. The maximum atomic E-state index is 12.1. The van der Waals surface area contributed by atoms with Crippen LogP contribution in [0, 0.1) is 0 Å². The number of aliphatic hydroxyl groups excluding tert-OH is 1. The lowest BCUT2D eigenvalue weighted by Crippen LogP contribution is -2.15. The molecule has 0 bridgehead atoms. The molecule has 0 saturated heterocycles. The summed E-state index contributed by atoms with van der Waals surface area (Å²) in [5, 5.41) is 19.5. The summed E-state index contributed by atoms with van der Waals surface area (Å²) in [7, 11) is 0. The molecule has 0 amide bonds. The zero-order valence-corrected chi connectivity index (χ0v) is 15.0. The normalized spacial score (nSPS) is 11.6. The van der Waals surface area contributed by atoms with Gasteiger partial charge in [0.25, 0.3) is 0 Å². The van der Waals surface area contributed by atoms with Crippen molar-refractivity contribution in [3.63, 3.8) is 0 Å². The van der Waals surface area contributed by atoms with Crippen molar-refractivity contribution in [2.75, 3.05) is 13.2 Å². The highest BCUT2D eigenvalue weighted by Crippen LogP contribution is 2.34. The van der Waals surface area contributed by atoms with Crippen molar-refractivity contribution in [2.24, 2.45) is 0 Å². The topological polar surface area (TPSA) is 106 Å². The van der Waals surface area contributed by atoms with Gasteiger partial charge in [0.15, 0.2) is 5.76 Å². The first-order valence-corrected chi connectivity index (χ1v) is 8.46. The molecule has 27 heavy (non-hydrogen) atoms. The van der Waals surface area contributed by atoms with Crippen LogP contribution in [0.3, 0.4) is 0 Å². The summed E-state index contributed by atoms with van der Waals surface area (Å²) in [5.74, 6) is -1.52. The minimum absolute atomic E-state index is 0.0132. The molecule has 1 aromatic carbocycles. The number of esters is 1. The van der Waals surface area contributed by atoms with Crippen LogP contribution < -0.4 is 10.2 Å². The average molecular weight is 374 g/mol. The zero-order chi connectivity index (χ0) is 19.8. The van der Waals surface area contributed by atoms with Gasteiger partial charge >= 0.3 is 5.97 Å². The molecule has 0 radical (unpaired) electrons. The first-order chi connectivity index (χ1) is 13.0. The molecule has 1 atom stereocenters. The van der Waals surface area contributed by atoms with Gasteiger partial charge in [0, 0.05) is 6.07 Å². The number of hydrogen-bond donors (Lipinski definition) is 2. The van der Waals surface area contributed by atoms with Gasteiger partial charge in [0.1, 0.15) is 24.7 Å². The lowest BCUT2D eigenvalue weighted by molar-refractivity contribution is -0.143. The molecule has 7 heteroatoms. The van der Waals surface area contributed by atoms with E-state index in [1.165, 1.54) is 0 Å². The summed E-state index contributed by atoms with van der Waals surface area (Å²) >= 11 is 0. The molecule has 0 aliphatic heterocycles. The Bertz CT molecular complexity index is 854. The van der Waals surface area contributed by atoms with Gasteiger partial charge in [-0.1, -0.05) is 24.8 Å². The second-order valence-electron chi connectivity index (χ2n) is 5.68. The maximum absolute atomic E-state index is 12.1. The number of ether oxygens (including phenoxy) is 2. The number of aliphatic hydroxyl groups is 1. The predicted octanol–water partition coefficient (Wildman–Crippen LogP) is 2.49. The summed E-state index contributed by atoms with van der Waals surface area (Å²) < 4.78 is 16.0. The summed E-state index contributed by atoms with van der Waals surface area (Å²) in [6.07, 6.45) is 1.43. The molecule has 0 aliphatic rings. The molecule has 2 rings (SSSR count). The number of carbonyl (C=O) groups excluding carboxylic acids is 1. The van der Waals surface area contributed by atoms with Crippen LogP contribution in [0.1, 0.15) is 36.3 Å². The molecule has 1 heterocycles. The van der Waals surface area contributed by atoms with Gasteiger partial charge in [0.2, 0.25) is 11.2 Å². The fourth-order valence-corrected chi connectivity index (χ4v) is 2.59. The van der Waals surface area contributed by atoms with E-state index in [-0.39, 0.29) is 24.5 Å². The van der Waals surface area contributed by atoms with Gasteiger partial charge in [-0.15, -0.1) is 0 Å². The van der Waals surface area contributed by atoms with E-state index in [2.05, 4.69) is 6.58 Å². The molecule has 0 spiro atoms. The van der Waals surface area contributed by atoms with Crippen LogP contribution >= 0.6 is 0 Å². The van der Waals surface area contributed by atoms with E-state index in [0.717, 1.165) is 6.07 Å². The molecule has 0 fully saturated rings. The summed E-state index contributed by atoms with van der Waals surface area (Å²) in [6.45, 7) is 5.25. The van der Waals surface area contributed by atoms with Crippen LogP contribution in [0.15, 0.2) is 52.2 Å². The predicted molar refractivity (Wildman–Crippen MR) is 97.8 cm³/mol. The minimum Gasteiger partial charge on any atom is -0.502 e. The van der Waals surface area contributed by atoms with Gasteiger partial charge in [0.05, 0.1) is 18.9 Å². The van der Waals surface area contributed by atoms with Gasteiger partial charge < -0.3 is 24.1 Å². The van der Waals surface area contributed by atoms with Gasteiger partial charge in [-0.05, 0) is 24.6 Å². The number of hydrogen-bond acceptors (Lipinski definition) is 7. The molecule has 0 unspecified atom stereocenters. The fourth-order valence-electron chi connectivity index (χ4n) is 2.59. The Balaban J connectivity index is 2.52. The van der Waals surface area contributed by atoms with Crippen molar-refractivity contribution in [1.29, 1.82) is 0 Å². The summed E-state index contributed by atoms with van der Waals surface area (Å²) in [5.41, 5.74) is -0.119. The van der Waals surface area contributed by atoms with Crippen molar-refractivity contribution >= 4 is 5.97 Å². The van der Waals surface area contributed by atoms with E-state index < -0.39 is 29.7 Å². The SMILES string of the molecule is C=CCOc1cccc([C@H](CC(=O)OCC)c2oc(CO)cc(=O)c2O)c1. The molecular formula is C20H22O7. The lowest BCUT2D eigenvalue weighted by Gasteiger charge is -2.18. The summed E-state index contributed by atoms with van der Waals surface area (Å²) in [6, 6.07) is 7.85. The van der Waals surface area contributed by atoms with Crippen molar-refractivity contribution in [1.82, 2.24) is 0 Å². The van der Waals surface area contributed by atoms with E-state index in [1.54, 1.807) is 37.3 Å². The van der Waals surface area contributed by atoms with E-state index in [9.17, 15) is 19.8 Å². The second-order valence-corrected chi connectivity index (χ2v) is 5.68. The summed E-state index contributed by atoms with van der Waals surface area (Å²) in [4.78, 5) is 24.1. The molecule has 7 nitrogen and oxygen atoms in total. The van der Waals surface area contributed by atoms with E-state index >= 15 is 0 Å². The van der Waals surface area contributed by atoms with Crippen LogP contribution in [-0.2, 0) is 16.1 Å². The Morgan fingerprint density at radius 3 is 2.81 bits per heavy atom. The third kappa shape index (κ3) is 5.21. The second kappa shape index (κ2) is 9.59. The number of aromatic hydroxyl groups is 1. The quantitative estimate of drug-likeness (QED) is 0.513. The van der Waals surface area contributed by atoms with Gasteiger partial charge in [-0.2, -0.15) is 0 Å². The third-order valence-corrected chi connectivity index (χ3v) is 3.78. The van der Waals surface area contributed by atoms with Crippen LogP contribution in [0.4, 0.5) is 0 Å². The van der Waals surface area contributed by atoms with E-state index in [4.69, 9.17) is 13.9 Å². The molecule has 2 aromatic rings. The van der Waals surface area contributed by atoms with Crippen molar-refractivity contribution < 1.29 is 28.9 Å². The Hall–Kier alpha value is -3.06. The van der Waals surface area contributed by atoms with Crippen molar-refractivity contribution in [2.45, 2.75) is 25.9 Å².